The van der Waals surface area contributed by atoms with Crippen LogP contribution in [-0.2, 0) is 6.54 Å². The van der Waals surface area contributed by atoms with Gasteiger partial charge < -0.3 is 15.4 Å². The van der Waals surface area contributed by atoms with E-state index in [1.165, 1.54) is 17.0 Å². The molecule has 1 heterocycles. The third-order valence-corrected chi connectivity index (χ3v) is 3.05. The molecule has 0 aliphatic rings. The van der Waals surface area contributed by atoms with Crippen LogP contribution in [0.25, 0.3) is 0 Å². The highest BCUT2D eigenvalue weighted by molar-refractivity contribution is 5.73. The molecule has 0 saturated heterocycles. The zero-order valence-corrected chi connectivity index (χ0v) is 13.0. The Hall–Kier alpha value is -2.83. The van der Waals surface area contributed by atoms with Crippen molar-refractivity contribution in [3.8, 4) is 5.75 Å². The van der Waals surface area contributed by atoms with Crippen molar-refractivity contribution in [2.75, 3.05) is 19.7 Å². The summed E-state index contributed by atoms with van der Waals surface area (Å²) < 4.78 is 6.91. The maximum Gasteiger partial charge on any atom is 0.314 e. The lowest BCUT2D eigenvalue weighted by molar-refractivity contribution is 0.236. The number of nitrogens with zero attached hydrogens (tertiary/aromatic N) is 2. The summed E-state index contributed by atoms with van der Waals surface area (Å²) in [4.78, 5) is 27.3. The van der Waals surface area contributed by atoms with Gasteiger partial charge in [0.15, 0.2) is 0 Å². The summed E-state index contributed by atoms with van der Waals surface area (Å²) in [5, 5.41) is 5.36. The van der Waals surface area contributed by atoms with E-state index >= 15 is 0 Å². The Morgan fingerprint density at radius 2 is 1.96 bits per heavy atom. The quantitative estimate of drug-likeness (QED) is 0.744. The van der Waals surface area contributed by atoms with Gasteiger partial charge in [0.2, 0.25) is 0 Å². The third-order valence-electron chi connectivity index (χ3n) is 3.05. The first kappa shape index (κ1) is 16.5. The van der Waals surface area contributed by atoms with Crippen LogP contribution in [0.1, 0.15) is 5.69 Å². The molecule has 7 heteroatoms. The predicted octanol–water partition coefficient (Wildman–Crippen LogP) is 0.930. The Morgan fingerprint density at radius 3 is 2.70 bits per heavy atom. The molecule has 0 fully saturated rings. The smallest absolute Gasteiger partial charge is 0.314 e. The van der Waals surface area contributed by atoms with Gasteiger partial charge in [0, 0.05) is 24.8 Å². The van der Waals surface area contributed by atoms with Crippen molar-refractivity contribution < 1.29 is 9.53 Å². The number of nitrogens with one attached hydrogen (secondary N) is 2. The SMILES string of the molecule is Cc1cc(=O)n(CCNC(=O)NCCOc2ccccc2)cn1. The van der Waals surface area contributed by atoms with E-state index in [4.69, 9.17) is 4.74 Å². The summed E-state index contributed by atoms with van der Waals surface area (Å²) in [7, 11) is 0. The number of aryl methyl sites for hydroxylation is 1. The Kier molecular flexibility index (Phi) is 6.17. The number of amides is 2. The molecule has 0 saturated carbocycles. The molecule has 0 spiro atoms. The minimum atomic E-state index is -0.296. The molecule has 0 unspecified atom stereocenters. The number of hydrogen-bond donors (Lipinski definition) is 2. The highest BCUT2D eigenvalue weighted by Crippen LogP contribution is 2.07. The van der Waals surface area contributed by atoms with E-state index in [-0.39, 0.29) is 11.6 Å². The lowest BCUT2D eigenvalue weighted by Crippen LogP contribution is -2.39. The molecule has 2 rings (SSSR count). The number of ether oxygens (including phenoxy) is 1. The van der Waals surface area contributed by atoms with E-state index in [9.17, 15) is 9.59 Å². The average molecular weight is 316 g/mol. The molecule has 0 radical (unpaired) electrons. The van der Waals surface area contributed by atoms with Gasteiger partial charge in [-0.15, -0.1) is 0 Å². The van der Waals surface area contributed by atoms with Gasteiger partial charge in [0.05, 0.1) is 12.9 Å². The first-order chi connectivity index (χ1) is 11.1. The van der Waals surface area contributed by atoms with E-state index in [1.54, 1.807) is 6.92 Å². The maximum absolute atomic E-state index is 11.6. The summed E-state index contributed by atoms with van der Waals surface area (Å²) in [6.45, 7) is 3.26. The fraction of sp³-hybridized carbons (Fsp3) is 0.312. The fourth-order valence-corrected chi connectivity index (χ4v) is 1.89. The molecule has 2 aromatic rings. The Balaban J connectivity index is 1.61. The lowest BCUT2D eigenvalue weighted by atomic mass is 10.3. The van der Waals surface area contributed by atoms with Crippen molar-refractivity contribution in [2.45, 2.75) is 13.5 Å². The van der Waals surface area contributed by atoms with Crippen molar-refractivity contribution in [1.82, 2.24) is 20.2 Å². The second-order valence-corrected chi connectivity index (χ2v) is 4.91. The second-order valence-electron chi connectivity index (χ2n) is 4.91. The number of urea groups is 1. The number of aromatic nitrogens is 2. The van der Waals surface area contributed by atoms with Crippen LogP contribution in [0.2, 0.25) is 0 Å². The van der Waals surface area contributed by atoms with Gasteiger partial charge in [-0.05, 0) is 19.1 Å². The summed E-state index contributed by atoms with van der Waals surface area (Å²) in [6, 6.07) is 10.6. The van der Waals surface area contributed by atoms with Crippen molar-refractivity contribution in [3.05, 3.63) is 58.8 Å². The van der Waals surface area contributed by atoms with Crippen molar-refractivity contribution >= 4 is 6.03 Å². The highest BCUT2D eigenvalue weighted by Gasteiger charge is 2.01. The molecule has 7 nitrogen and oxygen atoms in total. The van der Waals surface area contributed by atoms with Crippen LogP contribution < -0.4 is 20.9 Å². The van der Waals surface area contributed by atoms with Crippen LogP contribution >= 0.6 is 0 Å². The van der Waals surface area contributed by atoms with Crippen LogP contribution in [0.5, 0.6) is 5.75 Å². The summed E-state index contributed by atoms with van der Waals surface area (Å²) >= 11 is 0. The normalized spacial score (nSPS) is 10.1. The molecule has 23 heavy (non-hydrogen) atoms. The van der Waals surface area contributed by atoms with Crippen LogP contribution in [0.15, 0.2) is 47.5 Å². The van der Waals surface area contributed by atoms with Gasteiger partial charge in [-0.1, -0.05) is 18.2 Å². The number of carbonyl (C=O) groups excluding carboxylic acids is 1. The van der Waals surface area contributed by atoms with Gasteiger partial charge in [-0.3, -0.25) is 9.36 Å². The van der Waals surface area contributed by atoms with E-state index in [2.05, 4.69) is 15.6 Å². The maximum atomic E-state index is 11.6. The van der Waals surface area contributed by atoms with Gasteiger partial charge in [-0.2, -0.15) is 0 Å². The molecule has 2 amide bonds. The molecule has 0 aliphatic carbocycles. The van der Waals surface area contributed by atoms with E-state index in [1.807, 2.05) is 30.3 Å². The molecular formula is C16H20N4O3. The number of carbonyl (C=O) groups is 1. The zero-order chi connectivity index (χ0) is 16.5. The van der Waals surface area contributed by atoms with Crippen molar-refractivity contribution in [2.24, 2.45) is 0 Å². The Morgan fingerprint density at radius 1 is 1.22 bits per heavy atom. The van der Waals surface area contributed by atoms with Gasteiger partial charge >= 0.3 is 6.03 Å². The third kappa shape index (κ3) is 5.82. The summed E-state index contributed by atoms with van der Waals surface area (Å²) in [5.41, 5.74) is 0.548. The summed E-state index contributed by atoms with van der Waals surface area (Å²) in [5.74, 6) is 0.765. The molecular weight excluding hydrogens is 296 g/mol. The number of benzene rings is 1. The Bertz CT molecular complexity index is 685. The predicted molar refractivity (Wildman–Crippen MR) is 86.6 cm³/mol. The average Bonchev–Trinajstić information content (AvgIpc) is 2.55. The van der Waals surface area contributed by atoms with Crippen LogP contribution in [0, 0.1) is 6.92 Å². The molecule has 122 valence electrons. The summed E-state index contributed by atoms with van der Waals surface area (Å²) in [6.07, 6.45) is 1.48. The number of rotatable bonds is 7. The zero-order valence-electron chi connectivity index (χ0n) is 13.0. The Labute approximate surface area is 134 Å². The van der Waals surface area contributed by atoms with Gasteiger partial charge in [0.25, 0.3) is 5.56 Å². The number of para-hydroxylation sites is 1. The highest BCUT2D eigenvalue weighted by atomic mass is 16.5. The molecule has 0 aliphatic heterocycles. The van der Waals surface area contributed by atoms with Crippen molar-refractivity contribution in [1.29, 1.82) is 0 Å². The largest absolute Gasteiger partial charge is 0.492 e. The van der Waals surface area contributed by atoms with Crippen LogP contribution in [0.3, 0.4) is 0 Å². The fourth-order valence-electron chi connectivity index (χ4n) is 1.89. The first-order valence-corrected chi connectivity index (χ1v) is 7.38. The van der Waals surface area contributed by atoms with E-state index in [0.717, 1.165) is 5.75 Å². The first-order valence-electron chi connectivity index (χ1n) is 7.38. The van der Waals surface area contributed by atoms with Gasteiger partial charge in [0.1, 0.15) is 12.4 Å². The molecule has 2 N–H and O–H groups in total. The minimum Gasteiger partial charge on any atom is -0.492 e. The molecule has 1 aromatic carbocycles. The van der Waals surface area contributed by atoms with Crippen LogP contribution in [0.4, 0.5) is 4.79 Å². The topological polar surface area (TPSA) is 85.2 Å². The lowest BCUT2D eigenvalue weighted by Gasteiger charge is -2.10. The molecule has 0 bridgehead atoms. The van der Waals surface area contributed by atoms with Gasteiger partial charge in [-0.25, -0.2) is 9.78 Å². The standard InChI is InChI=1S/C16H20N4O3/c1-13-11-15(21)20(12-19-13)9-7-17-16(22)18-8-10-23-14-5-3-2-4-6-14/h2-6,11-12H,7-10H2,1H3,(H2,17,18,22). The minimum absolute atomic E-state index is 0.129. The monoisotopic (exact) mass is 316 g/mol. The molecule has 1 aromatic heterocycles. The van der Waals surface area contributed by atoms with Crippen LogP contribution in [-0.4, -0.2) is 35.3 Å². The second kappa shape index (κ2) is 8.57. The van der Waals surface area contributed by atoms with Crippen molar-refractivity contribution in [3.63, 3.8) is 0 Å². The number of hydrogen-bond acceptors (Lipinski definition) is 4. The van der Waals surface area contributed by atoms with E-state index in [0.29, 0.717) is 31.9 Å². The molecule has 0 atom stereocenters. The van der Waals surface area contributed by atoms with E-state index < -0.39 is 0 Å².